The first kappa shape index (κ1) is 19.2. The third kappa shape index (κ3) is 4.14. The van der Waals surface area contributed by atoms with Crippen molar-refractivity contribution in [1.82, 2.24) is 15.0 Å². The number of hydrogen-bond donors (Lipinski definition) is 0. The number of hydrogen-bond acceptors (Lipinski definition) is 4. The number of carbonyl (C=O) groups excluding carboxylic acids is 1. The number of nitrogens with zero attached hydrogens (tertiary/aromatic N) is 3. The average molecular weight is 382 g/mol. The fourth-order valence-corrected chi connectivity index (χ4v) is 5.04. The zero-order valence-electron chi connectivity index (χ0n) is 17.1. The maximum absolute atomic E-state index is 12.7. The van der Waals surface area contributed by atoms with Crippen LogP contribution in [-0.4, -0.2) is 53.6 Å². The number of aromatic nitrogens is 1. The van der Waals surface area contributed by atoms with Gasteiger partial charge in [-0.1, -0.05) is 42.4 Å². The lowest BCUT2D eigenvalue weighted by molar-refractivity contribution is -0.133. The highest BCUT2D eigenvalue weighted by Crippen LogP contribution is 2.45. The van der Waals surface area contributed by atoms with Crippen LogP contribution in [0.1, 0.15) is 49.1 Å². The molecule has 2 aliphatic rings. The molecule has 28 heavy (non-hydrogen) atoms. The molecule has 1 amide bonds. The molecule has 4 rings (SSSR count). The van der Waals surface area contributed by atoms with Crippen LogP contribution in [0.25, 0.3) is 0 Å². The summed E-state index contributed by atoms with van der Waals surface area (Å²) in [6.07, 6.45) is 3.74. The average Bonchev–Trinajstić information content (AvgIpc) is 3.13. The molecule has 0 saturated carbocycles. The van der Waals surface area contributed by atoms with E-state index in [1.807, 2.05) is 17.9 Å². The van der Waals surface area contributed by atoms with Crippen LogP contribution in [0.2, 0.25) is 0 Å². The Hall–Kier alpha value is -2.14. The van der Waals surface area contributed by atoms with Crippen molar-refractivity contribution < 1.29 is 9.32 Å². The Morgan fingerprint density at radius 3 is 2.64 bits per heavy atom. The predicted octanol–water partition coefficient (Wildman–Crippen LogP) is 3.64. The van der Waals surface area contributed by atoms with E-state index in [-0.39, 0.29) is 5.91 Å². The van der Waals surface area contributed by atoms with Crippen LogP contribution >= 0.6 is 0 Å². The fraction of sp³-hybridized carbons (Fsp3) is 0.565. The molecular weight excluding hydrogens is 350 g/mol. The Bertz CT molecular complexity index is 793. The molecule has 2 aliphatic heterocycles. The van der Waals surface area contributed by atoms with Gasteiger partial charge >= 0.3 is 0 Å². The third-order valence-corrected chi connectivity index (χ3v) is 6.61. The van der Waals surface area contributed by atoms with Gasteiger partial charge in [-0.3, -0.25) is 4.79 Å². The van der Waals surface area contributed by atoms with E-state index in [9.17, 15) is 4.79 Å². The van der Waals surface area contributed by atoms with E-state index in [2.05, 4.69) is 47.3 Å². The van der Waals surface area contributed by atoms with Crippen molar-refractivity contribution in [2.45, 2.75) is 45.4 Å². The van der Waals surface area contributed by atoms with E-state index >= 15 is 0 Å². The molecular formula is C23H31N3O2. The largest absolute Gasteiger partial charge is 0.361 e. The lowest BCUT2D eigenvalue weighted by Crippen LogP contribution is -2.52. The molecule has 2 saturated heterocycles. The zero-order valence-corrected chi connectivity index (χ0v) is 17.1. The SMILES string of the molecule is CCN1C[C@H](c2ccccc2)CC2(CCN(C(=O)Cc3cc(C)no3)CC2)C1. The summed E-state index contributed by atoms with van der Waals surface area (Å²) >= 11 is 0. The van der Waals surface area contributed by atoms with Gasteiger partial charge in [0.1, 0.15) is 5.76 Å². The number of rotatable bonds is 4. The minimum Gasteiger partial charge on any atom is -0.361 e. The van der Waals surface area contributed by atoms with E-state index in [1.54, 1.807) is 0 Å². The molecule has 2 fully saturated rings. The van der Waals surface area contributed by atoms with Crippen molar-refractivity contribution in [3.8, 4) is 0 Å². The number of aryl methyl sites for hydroxylation is 1. The van der Waals surface area contributed by atoms with Gasteiger partial charge in [-0.25, -0.2) is 0 Å². The van der Waals surface area contributed by atoms with Crippen LogP contribution in [0.15, 0.2) is 40.9 Å². The van der Waals surface area contributed by atoms with Gasteiger partial charge in [0.05, 0.1) is 12.1 Å². The van der Waals surface area contributed by atoms with Crippen LogP contribution in [0.3, 0.4) is 0 Å². The van der Waals surface area contributed by atoms with Crippen molar-refractivity contribution >= 4 is 5.91 Å². The van der Waals surface area contributed by atoms with Crippen LogP contribution < -0.4 is 0 Å². The number of carbonyl (C=O) groups is 1. The van der Waals surface area contributed by atoms with Crippen molar-refractivity contribution in [1.29, 1.82) is 0 Å². The van der Waals surface area contributed by atoms with E-state index < -0.39 is 0 Å². The lowest BCUT2D eigenvalue weighted by atomic mass is 9.68. The fourth-order valence-electron chi connectivity index (χ4n) is 5.04. The van der Waals surface area contributed by atoms with Gasteiger partial charge in [0.25, 0.3) is 0 Å². The molecule has 1 atom stereocenters. The maximum atomic E-state index is 12.7. The van der Waals surface area contributed by atoms with Crippen LogP contribution in [0.5, 0.6) is 0 Å². The minimum absolute atomic E-state index is 0.161. The minimum atomic E-state index is 0.161. The number of likely N-dealkylation sites (tertiary alicyclic amines) is 2. The number of piperidine rings is 2. The second-order valence-corrected chi connectivity index (χ2v) is 8.63. The van der Waals surface area contributed by atoms with E-state index in [0.29, 0.717) is 23.5 Å². The van der Waals surface area contributed by atoms with Crippen LogP contribution in [0.4, 0.5) is 0 Å². The highest BCUT2D eigenvalue weighted by atomic mass is 16.5. The summed E-state index contributed by atoms with van der Waals surface area (Å²) in [6, 6.07) is 12.8. The number of likely N-dealkylation sites (N-methyl/N-ethyl adjacent to an activating group) is 1. The first-order valence-corrected chi connectivity index (χ1v) is 10.5. The second kappa shape index (κ2) is 8.08. The Labute approximate surface area is 167 Å². The highest BCUT2D eigenvalue weighted by Gasteiger charge is 2.42. The van der Waals surface area contributed by atoms with Crippen molar-refractivity contribution in [2.24, 2.45) is 5.41 Å². The van der Waals surface area contributed by atoms with Gasteiger partial charge in [0.2, 0.25) is 5.91 Å². The Morgan fingerprint density at radius 2 is 2.00 bits per heavy atom. The van der Waals surface area contributed by atoms with Gasteiger partial charge in [0, 0.05) is 32.2 Å². The molecule has 5 nitrogen and oxygen atoms in total. The molecule has 150 valence electrons. The number of benzene rings is 1. The first-order chi connectivity index (χ1) is 13.6. The molecule has 0 bridgehead atoms. The van der Waals surface area contributed by atoms with E-state index in [1.165, 1.54) is 12.0 Å². The summed E-state index contributed by atoms with van der Waals surface area (Å²) in [6.45, 7) is 9.26. The van der Waals surface area contributed by atoms with Crippen molar-refractivity contribution in [3.63, 3.8) is 0 Å². The van der Waals surface area contributed by atoms with Gasteiger partial charge in [0.15, 0.2) is 0 Å². The molecule has 3 heterocycles. The van der Waals surface area contributed by atoms with Gasteiger partial charge in [-0.05, 0) is 49.6 Å². The second-order valence-electron chi connectivity index (χ2n) is 8.63. The summed E-state index contributed by atoms with van der Waals surface area (Å²) in [5, 5.41) is 3.89. The summed E-state index contributed by atoms with van der Waals surface area (Å²) in [7, 11) is 0. The topological polar surface area (TPSA) is 49.6 Å². The van der Waals surface area contributed by atoms with Gasteiger partial charge in [-0.15, -0.1) is 0 Å². The molecule has 0 radical (unpaired) electrons. The molecule has 0 unspecified atom stereocenters. The van der Waals surface area contributed by atoms with Crippen molar-refractivity contribution in [2.75, 3.05) is 32.7 Å². The van der Waals surface area contributed by atoms with E-state index in [4.69, 9.17) is 4.52 Å². The Balaban J connectivity index is 1.40. The normalized spacial score (nSPS) is 22.5. The van der Waals surface area contributed by atoms with Gasteiger partial charge in [-0.2, -0.15) is 0 Å². The standard InChI is InChI=1S/C23H31N3O2/c1-3-25-16-20(19-7-5-4-6-8-19)15-23(17-25)9-11-26(12-10-23)22(27)14-21-13-18(2)24-28-21/h4-8,13,20H,3,9-12,14-17H2,1-2H3/t20-/m1/s1. The summed E-state index contributed by atoms with van der Waals surface area (Å²) in [5.41, 5.74) is 2.61. The quantitative estimate of drug-likeness (QED) is 0.811. The Morgan fingerprint density at radius 1 is 1.25 bits per heavy atom. The highest BCUT2D eigenvalue weighted by molar-refractivity contribution is 5.78. The van der Waals surface area contributed by atoms with Gasteiger partial charge < -0.3 is 14.3 Å². The summed E-state index contributed by atoms with van der Waals surface area (Å²) in [5.74, 6) is 1.42. The molecule has 1 spiro atoms. The van der Waals surface area contributed by atoms with Crippen LogP contribution in [0, 0.1) is 12.3 Å². The smallest absolute Gasteiger partial charge is 0.230 e. The molecule has 0 aliphatic carbocycles. The first-order valence-electron chi connectivity index (χ1n) is 10.5. The molecule has 2 aromatic rings. The molecule has 1 aromatic carbocycles. The lowest BCUT2D eigenvalue weighted by Gasteiger charge is -2.50. The predicted molar refractivity (Wildman–Crippen MR) is 109 cm³/mol. The molecule has 0 N–H and O–H groups in total. The van der Waals surface area contributed by atoms with Crippen LogP contribution in [-0.2, 0) is 11.2 Å². The molecule has 5 heteroatoms. The number of amides is 1. The molecule has 1 aromatic heterocycles. The maximum Gasteiger partial charge on any atom is 0.230 e. The zero-order chi connectivity index (χ0) is 19.6. The van der Waals surface area contributed by atoms with Crippen molar-refractivity contribution in [3.05, 3.63) is 53.4 Å². The Kier molecular flexibility index (Phi) is 5.54. The monoisotopic (exact) mass is 381 g/mol. The third-order valence-electron chi connectivity index (χ3n) is 6.61. The summed E-state index contributed by atoms with van der Waals surface area (Å²) < 4.78 is 5.22. The van der Waals surface area contributed by atoms with E-state index in [0.717, 1.165) is 51.3 Å². The summed E-state index contributed by atoms with van der Waals surface area (Å²) in [4.78, 5) is 17.3.